The van der Waals surface area contributed by atoms with Crippen LogP contribution < -0.4 is 11.1 Å². The molecule has 1 heterocycles. The SMILES string of the molecule is CC(C)NCCCC(=O)c1cc(Cl)cnc1N. The van der Waals surface area contributed by atoms with Gasteiger partial charge in [-0.15, -0.1) is 0 Å². The van der Waals surface area contributed by atoms with Gasteiger partial charge in [-0.1, -0.05) is 25.4 Å². The highest BCUT2D eigenvalue weighted by atomic mass is 35.5. The van der Waals surface area contributed by atoms with E-state index in [1.807, 2.05) is 0 Å². The number of Topliss-reactive ketones (excluding diaryl/α,β-unsaturated/α-hetero) is 1. The molecule has 4 nitrogen and oxygen atoms in total. The summed E-state index contributed by atoms with van der Waals surface area (Å²) in [5, 5.41) is 3.69. The second kappa shape index (κ2) is 6.57. The number of aromatic nitrogens is 1. The molecule has 0 aliphatic carbocycles. The van der Waals surface area contributed by atoms with Crippen LogP contribution in [0.1, 0.15) is 37.0 Å². The average Bonchev–Trinajstić information content (AvgIpc) is 2.27. The second-order valence-electron chi connectivity index (χ2n) is 4.22. The summed E-state index contributed by atoms with van der Waals surface area (Å²) in [6.07, 6.45) is 2.67. The highest BCUT2D eigenvalue weighted by molar-refractivity contribution is 6.31. The van der Waals surface area contributed by atoms with Gasteiger partial charge >= 0.3 is 0 Å². The van der Waals surface area contributed by atoms with E-state index in [0.717, 1.165) is 13.0 Å². The largest absolute Gasteiger partial charge is 0.383 e. The van der Waals surface area contributed by atoms with Gasteiger partial charge in [0.2, 0.25) is 0 Å². The van der Waals surface area contributed by atoms with E-state index in [-0.39, 0.29) is 11.6 Å². The summed E-state index contributed by atoms with van der Waals surface area (Å²) < 4.78 is 0. The van der Waals surface area contributed by atoms with Crippen molar-refractivity contribution in [3.63, 3.8) is 0 Å². The van der Waals surface area contributed by atoms with E-state index in [0.29, 0.717) is 23.0 Å². The molecule has 1 aromatic rings. The summed E-state index contributed by atoms with van der Waals surface area (Å²) in [6, 6.07) is 2.00. The van der Waals surface area contributed by atoms with Crippen molar-refractivity contribution in [1.29, 1.82) is 0 Å². The molecule has 1 aromatic heterocycles. The van der Waals surface area contributed by atoms with Crippen molar-refractivity contribution < 1.29 is 4.79 Å². The molecule has 1 rings (SSSR count). The lowest BCUT2D eigenvalue weighted by atomic mass is 10.1. The van der Waals surface area contributed by atoms with Gasteiger partial charge in [-0.3, -0.25) is 4.79 Å². The van der Waals surface area contributed by atoms with Gasteiger partial charge in [0.1, 0.15) is 5.82 Å². The maximum Gasteiger partial charge on any atom is 0.166 e. The predicted molar refractivity (Wildman–Crippen MR) is 70.4 cm³/mol. The number of nitrogens with zero attached hydrogens (tertiary/aromatic N) is 1. The summed E-state index contributed by atoms with van der Waals surface area (Å²) in [7, 11) is 0. The molecule has 5 heteroatoms. The molecule has 0 aromatic carbocycles. The molecule has 0 atom stereocenters. The monoisotopic (exact) mass is 255 g/mol. The van der Waals surface area contributed by atoms with Crippen molar-refractivity contribution in [1.82, 2.24) is 10.3 Å². The number of anilines is 1. The van der Waals surface area contributed by atoms with Crippen molar-refractivity contribution >= 4 is 23.2 Å². The zero-order valence-electron chi connectivity index (χ0n) is 10.2. The molecule has 0 aliphatic heterocycles. The average molecular weight is 256 g/mol. The van der Waals surface area contributed by atoms with E-state index in [1.165, 1.54) is 6.20 Å². The number of hydrogen-bond acceptors (Lipinski definition) is 4. The third kappa shape index (κ3) is 4.71. The number of pyridine rings is 1. The fourth-order valence-corrected chi connectivity index (χ4v) is 1.61. The van der Waals surface area contributed by atoms with Gasteiger partial charge in [-0.2, -0.15) is 0 Å². The van der Waals surface area contributed by atoms with Crippen LogP contribution in [0.2, 0.25) is 5.02 Å². The Balaban J connectivity index is 2.49. The molecule has 0 saturated carbocycles. The summed E-state index contributed by atoms with van der Waals surface area (Å²) in [5.41, 5.74) is 6.06. The van der Waals surface area contributed by atoms with Crippen LogP contribution in [0, 0.1) is 0 Å². The number of nitrogens with one attached hydrogen (secondary N) is 1. The van der Waals surface area contributed by atoms with E-state index < -0.39 is 0 Å². The maximum atomic E-state index is 11.9. The van der Waals surface area contributed by atoms with Crippen LogP contribution in [0.4, 0.5) is 5.82 Å². The van der Waals surface area contributed by atoms with E-state index in [9.17, 15) is 4.79 Å². The number of hydrogen-bond donors (Lipinski definition) is 2. The molecule has 3 N–H and O–H groups in total. The second-order valence-corrected chi connectivity index (χ2v) is 4.66. The summed E-state index contributed by atoms with van der Waals surface area (Å²) in [6.45, 7) is 4.96. The molecule has 17 heavy (non-hydrogen) atoms. The maximum absolute atomic E-state index is 11.9. The van der Waals surface area contributed by atoms with Gasteiger partial charge in [-0.25, -0.2) is 4.98 Å². The molecule has 0 fully saturated rings. The van der Waals surface area contributed by atoms with E-state index in [4.69, 9.17) is 17.3 Å². The van der Waals surface area contributed by atoms with Crippen molar-refractivity contribution in [2.24, 2.45) is 0 Å². The van der Waals surface area contributed by atoms with Crippen LogP contribution in [0.15, 0.2) is 12.3 Å². The summed E-state index contributed by atoms with van der Waals surface area (Å²) in [5.74, 6) is 0.235. The molecule has 0 bridgehead atoms. The minimum Gasteiger partial charge on any atom is -0.383 e. The van der Waals surface area contributed by atoms with Crippen LogP contribution in [0.25, 0.3) is 0 Å². The Morgan fingerprint density at radius 1 is 1.59 bits per heavy atom. The van der Waals surface area contributed by atoms with Crippen LogP contribution >= 0.6 is 11.6 Å². The predicted octanol–water partition coefficient (Wildman–Crippen LogP) is 2.28. The van der Waals surface area contributed by atoms with Crippen LogP contribution in [-0.4, -0.2) is 23.4 Å². The quantitative estimate of drug-likeness (QED) is 0.605. The molecule has 0 unspecified atom stereocenters. The standard InChI is InChI=1S/C12H18ClN3O/c1-8(2)15-5-3-4-11(17)10-6-9(13)7-16-12(10)14/h6-8,15H,3-5H2,1-2H3,(H2,14,16). The summed E-state index contributed by atoms with van der Waals surface area (Å²) in [4.78, 5) is 15.7. The van der Waals surface area contributed by atoms with Gasteiger partial charge in [0, 0.05) is 18.7 Å². The Bertz CT molecular complexity index is 393. The van der Waals surface area contributed by atoms with Gasteiger partial charge < -0.3 is 11.1 Å². The fourth-order valence-electron chi connectivity index (χ4n) is 1.45. The molecule has 0 radical (unpaired) electrons. The Hall–Kier alpha value is -1.13. The Morgan fingerprint density at radius 3 is 2.94 bits per heavy atom. The molecule has 0 spiro atoms. The number of rotatable bonds is 6. The minimum atomic E-state index is -0.0111. The molecule has 94 valence electrons. The van der Waals surface area contributed by atoms with E-state index in [2.05, 4.69) is 24.1 Å². The number of halogens is 1. The summed E-state index contributed by atoms with van der Waals surface area (Å²) >= 11 is 5.78. The van der Waals surface area contributed by atoms with Crippen LogP contribution in [0.3, 0.4) is 0 Å². The first kappa shape index (κ1) is 13.9. The Labute approximate surface area is 107 Å². The topological polar surface area (TPSA) is 68.0 Å². The molecular formula is C12H18ClN3O. The number of ketones is 1. The number of nitrogens with two attached hydrogens (primary N) is 1. The third-order valence-electron chi connectivity index (χ3n) is 2.32. The minimum absolute atomic E-state index is 0.0111. The van der Waals surface area contributed by atoms with Crippen molar-refractivity contribution in [2.45, 2.75) is 32.7 Å². The fraction of sp³-hybridized carbons (Fsp3) is 0.500. The van der Waals surface area contributed by atoms with Gasteiger partial charge in [0.25, 0.3) is 0 Å². The smallest absolute Gasteiger partial charge is 0.166 e. The first-order valence-electron chi connectivity index (χ1n) is 5.68. The lowest BCUT2D eigenvalue weighted by Gasteiger charge is -2.08. The van der Waals surface area contributed by atoms with E-state index in [1.54, 1.807) is 6.07 Å². The molecule has 0 saturated heterocycles. The molecule has 0 aliphatic rings. The van der Waals surface area contributed by atoms with Crippen LogP contribution in [0.5, 0.6) is 0 Å². The number of carbonyl (C=O) groups excluding carboxylic acids is 1. The lowest BCUT2D eigenvalue weighted by Crippen LogP contribution is -2.24. The first-order chi connectivity index (χ1) is 8.00. The highest BCUT2D eigenvalue weighted by Crippen LogP contribution is 2.17. The van der Waals surface area contributed by atoms with Gasteiger partial charge in [-0.05, 0) is 19.0 Å². The normalized spacial score (nSPS) is 10.8. The van der Waals surface area contributed by atoms with Crippen molar-refractivity contribution in [2.75, 3.05) is 12.3 Å². The highest BCUT2D eigenvalue weighted by Gasteiger charge is 2.11. The first-order valence-corrected chi connectivity index (χ1v) is 6.06. The van der Waals surface area contributed by atoms with Gasteiger partial charge in [0.15, 0.2) is 5.78 Å². The molecular weight excluding hydrogens is 238 g/mol. The van der Waals surface area contributed by atoms with Crippen molar-refractivity contribution in [3.05, 3.63) is 22.8 Å². The molecule has 0 amide bonds. The number of carbonyl (C=O) groups is 1. The zero-order chi connectivity index (χ0) is 12.8. The third-order valence-corrected chi connectivity index (χ3v) is 2.53. The lowest BCUT2D eigenvalue weighted by molar-refractivity contribution is 0.0980. The van der Waals surface area contributed by atoms with Gasteiger partial charge in [0.05, 0.1) is 10.6 Å². The van der Waals surface area contributed by atoms with Crippen molar-refractivity contribution in [3.8, 4) is 0 Å². The Morgan fingerprint density at radius 2 is 2.29 bits per heavy atom. The zero-order valence-corrected chi connectivity index (χ0v) is 10.9. The van der Waals surface area contributed by atoms with E-state index >= 15 is 0 Å². The van der Waals surface area contributed by atoms with Crippen LogP contribution in [-0.2, 0) is 0 Å². The number of nitrogen functional groups attached to an aromatic ring is 1. The Kier molecular flexibility index (Phi) is 5.38.